The summed E-state index contributed by atoms with van der Waals surface area (Å²) in [4.78, 5) is 11.2. The fraction of sp³-hybridized carbons (Fsp3) is 0.300. The molecule has 0 bridgehead atoms. The third-order valence-electron chi connectivity index (χ3n) is 1.92. The van der Waals surface area contributed by atoms with Crippen molar-refractivity contribution < 1.29 is 4.79 Å². The fourth-order valence-corrected chi connectivity index (χ4v) is 1.93. The quantitative estimate of drug-likeness (QED) is 0.796. The SMILES string of the molecule is CCc1ccccc1CC(=O)SI. The van der Waals surface area contributed by atoms with E-state index in [0.717, 1.165) is 6.42 Å². The standard InChI is InChI=1S/C10H11IOS/c1-2-8-5-3-4-6-9(8)7-10(12)13-11/h3-6H,2,7H2,1H3. The Morgan fingerprint density at radius 2 is 2.00 bits per heavy atom. The molecule has 0 aromatic heterocycles. The maximum Gasteiger partial charge on any atom is 0.203 e. The number of carbonyl (C=O) groups excluding carboxylic acids is 1. The van der Waals surface area contributed by atoms with E-state index >= 15 is 0 Å². The topological polar surface area (TPSA) is 17.1 Å². The second-order valence-corrected chi connectivity index (χ2v) is 4.68. The van der Waals surface area contributed by atoms with Gasteiger partial charge in [-0.25, -0.2) is 0 Å². The van der Waals surface area contributed by atoms with Crippen LogP contribution in [-0.4, -0.2) is 5.12 Å². The Morgan fingerprint density at radius 3 is 2.54 bits per heavy atom. The highest BCUT2D eigenvalue weighted by Crippen LogP contribution is 2.18. The van der Waals surface area contributed by atoms with E-state index in [9.17, 15) is 4.79 Å². The number of benzene rings is 1. The molecule has 0 unspecified atom stereocenters. The van der Waals surface area contributed by atoms with Crippen molar-refractivity contribution in [3.8, 4) is 0 Å². The van der Waals surface area contributed by atoms with Crippen LogP contribution < -0.4 is 0 Å². The highest BCUT2D eigenvalue weighted by atomic mass is 127. The molecule has 0 saturated carbocycles. The third kappa shape index (κ3) is 3.31. The van der Waals surface area contributed by atoms with Gasteiger partial charge < -0.3 is 0 Å². The van der Waals surface area contributed by atoms with E-state index in [0.29, 0.717) is 6.42 Å². The maximum absolute atomic E-state index is 11.2. The molecular formula is C10H11IOS. The Balaban J connectivity index is 2.81. The molecule has 0 N–H and O–H groups in total. The Bertz CT molecular complexity index is 299. The van der Waals surface area contributed by atoms with Crippen LogP contribution in [0.1, 0.15) is 18.1 Å². The normalized spacial score (nSPS) is 10.0. The first-order chi connectivity index (χ1) is 6.27. The molecular weight excluding hydrogens is 295 g/mol. The van der Waals surface area contributed by atoms with E-state index < -0.39 is 0 Å². The van der Waals surface area contributed by atoms with Crippen molar-refractivity contribution >= 4 is 35.3 Å². The van der Waals surface area contributed by atoms with E-state index in [-0.39, 0.29) is 5.12 Å². The summed E-state index contributed by atoms with van der Waals surface area (Å²) in [6, 6.07) is 8.12. The van der Waals surface area contributed by atoms with Crippen molar-refractivity contribution in [2.45, 2.75) is 19.8 Å². The van der Waals surface area contributed by atoms with Crippen LogP contribution in [0.4, 0.5) is 0 Å². The molecule has 1 rings (SSSR count). The zero-order valence-corrected chi connectivity index (χ0v) is 10.4. The van der Waals surface area contributed by atoms with Crippen molar-refractivity contribution in [1.29, 1.82) is 0 Å². The van der Waals surface area contributed by atoms with Crippen molar-refractivity contribution in [3.63, 3.8) is 0 Å². The van der Waals surface area contributed by atoms with Crippen molar-refractivity contribution in [2.24, 2.45) is 0 Å². The first kappa shape index (κ1) is 11.0. The Morgan fingerprint density at radius 1 is 1.38 bits per heavy atom. The molecule has 70 valence electrons. The summed E-state index contributed by atoms with van der Waals surface area (Å²) in [7, 11) is 1.27. The Kier molecular flexibility index (Phi) is 4.80. The molecule has 0 fully saturated rings. The average Bonchev–Trinajstić information content (AvgIpc) is 2.18. The fourth-order valence-electron chi connectivity index (χ4n) is 1.26. The number of halogens is 1. The average molecular weight is 306 g/mol. The van der Waals surface area contributed by atoms with Gasteiger partial charge in [0.2, 0.25) is 5.12 Å². The zero-order chi connectivity index (χ0) is 9.68. The van der Waals surface area contributed by atoms with E-state index in [4.69, 9.17) is 0 Å². The van der Waals surface area contributed by atoms with Gasteiger partial charge >= 0.3 is 0 Å². The molecule has 3 heteroatoms. The molecule has 1 nitrogen and oxygen atoms in total. The van der Waals surface area contributed by atoms with Gasteiger partial charge in [-0.3, -0.25) is 4.79 Å². The molecule has 0 radical (unpaired) electrons. The van der Waals surface area contributed by atoms with Gasteiger partial charge in [-0.15, -0.1) is 0 Å². The van der Waals surface area contributed by atoms with Crippen LogP contribution >= 0.6 is 30.1 Å². The predicted octanol–water partition coefficient (Wildman–Crippen LogP) is 3.40. The number of aryl methyl sites for hydroxylation is 1. The summed E-state index contributed by atoms with van der Waals surface area (Å²) in [5.74, 6) is 0. The van der Waals surface area contributed by atoms with Gasteiger partial charge in [-0.2, -0.15) is 0 Å². The lowest BCUT2D eigenvalue weighted by atomic mass is 10.0. The molecule has 13 heavy (non-hydrogen) atoms. The minimum absolute atomic E-state index is 0.224. The lowest BCUT2D eigenvalue weighted by molar-refractivity contribution is -0.110. The smallest absolute Gasteiger partial charge is 0.203 e. The molecule has 0 saturated heterocycles. The van der Waals surface area contributed by atoms with Gasteiger partial charge in [0.25, 0.3) is 0 Å². The summed E-state index contributed by atoms with van der Waals surface area (Å²) >= 11 is 2.03. The van der Waals surface area contributed by atoms with Gasteiger partial charge in [0.15, 0.2) is 0 Å². The monoisotopic (exact) mass is 306 g/mol. The molecule has 0 amide bonds. The second kappa shape index (κ2) is 5.65. The lowest BCUT2D eigenvalue weighted by Gasteiger charge is -2.04. The summed E-state index contributed by atoms with van der Waals surface area (Å²) in [5.41, 5.74) is 2.44. The van der Waals surface area contributed by atoms with Crippen LogP contribution in [0.3, 0.4) is 0 Å². The molecule has 1 aromatic carbocycles. The lowest BCUT2D eigenvalue weighted by Crippen LogP contribution is -1.98. The van der Waals surface area contributed by atoms with Crippen LogP contribution in [0.5, 0.6) is 0 Å². The van der Waals surface area contributed by atoms with Crippen molar-refractivity contribution in [2.75, 3.05) is 0 Å². The highest BCUT2D eigenvalue weighted by molar-refractivity contribution is 14.2. The number of hydrogen-bond acceptors (Lipinski definition) is 2. The van der Waals surface area contributed by atoms with E-state index in [2.05, 4.69) is 13.0 Å². The third-order valence-corrected chi connectivity index (χ3v) is 3.71. The summed E-state index contributed by atoms with van der Waals surface area (Å²) < 4.78 is 0. The van der Waals surface area contributed by atoms with Crippen LogP contribution in [0, 0.1) is 0 Å². The first-order valence-electron chi connectivity index (χ1n) is 4.16. The first-order valence-corrected chi connectivity index (χ1v) is 7.52. The summed E-state index contributed by atoms with van der Waals surface area (Å²) in [6.45, 7) is 2.11. The molecule has 0 aliphatic rings. The van der Waals surface area contributed by atoms with Crippen LogP contribution in [0.25, 0.3) is 0 Å². The molecule has 0 aliphatic heterocycles. The van der Waals surface area contributed by atoms with E-state index in [1.807, 2.05) is 39.4 Å². The van der Waals surface area contributed by atoms with Crippen LogP contribution in [0.2, 0.25) is 0 Å². The molecule has 0 spiro atoms. The van der Waals surface area contributed by atoms with E-state index in [1.54, 1.807) is 0 Å². The minimum atomic E-state index is 0.224. The van der Waals surface area contributed by atoms with Crippen LogP contribution in [-0.2, 0) is 17.6 Å². The van der Waals surface area contributed by atoms with Crippen molar-refractivity contribution in [1.82, 2.24) is 0 Å². The maximum atomic E-state index is 11.2. The number of carbonyl (C=O) groups is 1. The predicted molar refractivity (Wildman–Crippen MR) is 66.1 cm³/mol. The number of hydrogen-bond donors (Lipinski definition) is 0. The highest BCUT2D eigenvalue weighted by Gasteiger charge is 2.05. The van der Waals surface area contributed by atoms with Crippen LogP contribution in [0.15, 0.2) is 24.3 Å². The summed E-state index contributed by atoms with van der Waals surface area (Å²) in [6.07, 6.45) is 1.55. The Hall–Kier alpha value is -0.0300. The van der Waals surface area contributed by atoms with Gasteiger partial charge in [0.05, 0.1) is 0 Å². The van der Waals surface area contributed by atoms with Crippen molar-refractivity contribution in [3.05, 3.63) is 35.4 Å². The molecule has 0 atom stereocenters. The zero-order valence-electron chi connectivity index (χ0n) is 7.42. The van der Waals surface area contributed by atoms with E-state index in [1.165, 1.54) is 20.1 Å². The van der Waals surface area contributed by atoms with Gasteiger partial charge in [-0.05, 0) is 26.5 Å². The number of rotatable bonds is 3. The Labute approximate surface area is 94.9 Å². The van der Waals surface area contributed by atoms with Gasteiger partial charge in [0, 0.05) is 27.6 Å². The second-order valence-electron chi connectivity index (χ2n) is 2.75. The molecule has 0 aliphatic carbocycles. The largest absolute Gasteiger partial charge is 0.286 e. The minimum Gasteiger partial charge on any atom is -0.286 e. The molecule has 0 heterocycles. The molecule has 1 aromatic rings. The van der Waals surface area contributed by atoms with Gasteiger partial charge in [0.1, 0.15) is 0 Å². The van der Waals surface area contributed by atoms with Gasteiger partial charge in [-0.1, -0.05) is 31.2 Å². The summed E-state index contributed by atoms with van der Waals surface area (Å²) in [5, 5.41) is 0.224.